The third-order valence-electron chi connectivity index (χ3n) is 4.47. The molecule has 22 heavy (non-hydrogen) atoms. The van der Waals surface area contributed by atoms with E-state index in [1.807, 2.05) is 5.48 Å². The van der Waals surface area contributed by atoms with Crippen LogP contribution in [0.1, 0.15) is 89.9 Å². The molecule has 0 saturated carbocycles. The van der Waals surface area contributed by atoms with Gasteiger partial charge in [-0.05, 0) is 31.7 Å². The zero-order chi connectivity index (χ0) is 16.3. The summed E-state index contributed by atoms with van der Waals surface area (Å²) in [7, 11) is 0. The minimum Gasteiger partial charge on any atom is -0.788 e. The van der Waals surface area contributed by atoms with Gasteiger partial charge in [0.15, 0.2) is 0 Å². The smallest absolute Gasteiger partial charge is 0.0433 e. The van der Waals surface area contributed by atoms with Crippen molar-refractivity contribution in [2.75, 3.05) is 19.8 Å². The number of unbranched alkanes of at least 4 members (excludes halogenated alkanes) is 10. The Kier molecular flexibility index (Phi) is 18.8. The summed E-state index contributed by atoms with van der Waals surface area (Å²) in [5.74, 6) is 0.506. The Morgan fingerprint density at radius 2 is 1.00 bits per heavy atom. The van der Waals surface area contributed by atoms with Gasteiger partial charge in [0.2, 0.25) is 0 Å². The molecule has 0 unspecified atom stereocenters. The molecule has 0 aromatic heterocycles. The zero-order valence-electron chi connectivity index (χ0n) is 14.4. The Bertz CT molecular complexity index is 197. The molecule has 0 aromatic carbocycles. The Balaban J connectivity index is 3.16. The van der Waals surface area contributed by atoms with Gasteiger partial charge >= 0.3 is 0 Å². The van der Waals surface area contributed by atoms with Crippen molar-refractivity contribution in [3.63, 3.8) is 0 Å². The van der Waals surface area contributed by atoms with Crippen LogP contribution in [0.15, 0.2) is 0 Å². The van der Waals surface area contributed by atoms with E-state index in [1.165, 1.54) is 64.2 Å². The molecule has 0 aliphatic carbocycles. The fourth-order valence-electron chi connectivity index (χ4n) is 3.02. The van der Waals surface area contributed by atoms with Crippen LogP contribution in [0.2, 0.25) is 0 Å². The molecule has 0 aliphatic rings. The van der Waals surface area contributed by atoms with Gasteiger partial charge in [0.25, 0.3) is 0 Å². The summed E-state index contributed by atoms with van der Waals surface area (Å²) >= 11 is 0. The van der Waals surface area contributed by atoms with E-state index in [4.69, 9.17) is 10.2 Å². The van der Waals surface area contributed by atoms with E-state index in [-0.39, 0.29) is 13.2 Å². The van der Waals surface area contributed by atoms with Crippen LogP contribution in [-0.4, -0.2) is 30.0 Å². The molecule has 0 aromatic rings. The SMILES string of the molecule is [O-]NCCCCCCCCCCCCCC(CCO)CCO. The predicted molar refractivity (Wildman–Crippen MR) is 93.7 cm³/mol. The van der Waals surface area contributed by atoms with Crippen LogP contribution in [0.4, 0.5) is 0 Å². The molecular weight excluding hydrogens is 278 g/mol. The van der Waals surface area contributed by atoms with Crippen LogP contribution in [0, 0.1) is 11.1 Å². The number of rotatable bonds is 18. The molecule has 0 heterocycles. The van der Waals surface area contributed by atoms with Crippen molar-refractivity contribution < 1.29 is 10.2 Å². The molecule has 0 saturated heterocycles. The average Bonchev–Trinajstić information content (AvgIpc) is 2.52. The summed E-state index contributed by atoms with van der Waals surface area (Å²) in [4.78, 5) is 0. The maximum atomic E-state index is 10.0. The summed E-state index contributed by atoms with van der Waals surface area (Å²) in [6, 6.07) is 0. The van der Waals surface area contributed by atoms with Crippen LogP contribution in [-0.2, 0) is 0 Å². The Labute approximate surface area is 137 Å². The van der Waals surface area contributed by atoms with E-state index in [9.17, 15) is 5.21 Å². The van der Waals surface area contributed by atoms with E-state index in [2.05, 4.69) is 0 Å². The lowest BCUT2D eigenvalue weighted by Crippen LogP contribution is -2.05. The number of aliphatic hydroxyl groups excluding tert-OH is 2. The Morgan fingerprint density at radius 3 is 1.41 bits per heavy atom. The van der Waals surface area contributed by atoms with Crippen molar-refractivity contribution in [1.29, 1.82) is 0 Å². The van der Waals surface area contributed by atoms with Crippen molar-refractivity contribution in [2.24, 2.45) is 5.92 Å². The molecule has 0 fully saturated rings. The van der Waals surface area contributed by atoms with Crippen molar-refractivity contribution in [3.05, 3.63) is 5.21 Å². The average molecular weight is 317 g/mol. The molecule has 3 N–H and O–H groups in total. The summed E-state index contributed by atoms with van der Waals surface area (Å²) in [6.07, 6.45) is 16.8. The van der Waals surface area contributed by atoms with E-state index >= 15 is 0 Å². The summed E-state index contributed by atoms with van der Waals surface area (Å²) in [6.45, 7) is 1.10. The summed E-state index contributed by atoms with van der Waals surface area (Å²) in [5.41, 5.74) is 1.95. The molecule has 134 valence electrons. The van der Waals surface area contributed by atoms with Crippen LogP contribution < -0.4 is 5.48 Å². The first-order chi connectivity index (χ1) is 10.8. The normalized spacial score (nSPS) is 11.5. The van der Waals surface area contributed by atoms with Gasteiger partial charge in [0.1, 0.15) is 0 Å². The molecule has 0 radical (unpaired) electrons. The van der Waals surface area contributed by atoms with Gasteiger partial charge in [-0.15, -0.1) is 0 Å². The van der Waals surface area contributed by atoms with Crippen LogP contribution >= 0.6 is 0 Å². The fourth-order valence-corrected chi connectivity index (χ4v) is 3.02. The molecule has 0 atom stereocenters. The molecule has 0 amide bonds. The lowest BCUT2D eigenvalue weighted by atomic mass is 9.94. The minimum atomic E-state index is 0.248. The van der Waals surface area contributed by atoms with Crippen LogP contribution in [0.3, 0.4) is 0 Å². The molecule has 0 rings (SSSR count). The largest absolute Gasteiger partial charge is 0.788 e. The highest BCUT2D eigenvalue weighted by molar-refractivity contribution is 4.59. The Hall–Kier alpha value is -0.160. The van der Waals surface area contributed by atoms with Gasteiger partial charge < -0.3 is 20.9 Å². The van der Waals surface area contributed by atoms with Gasteiger partial charge in [-0.25, -0.2) is 0 Å². The van der Waals surface area contributed by atoms with Crippen molar-refractivity contribution in [2.45, 2.75) is 89.9 Å². The first-order valence-electron chi connectivity index (χ1n) is 9.41. The fraction of sp³-hybridized carbons (Fsp3) is 1.00. The second-order valence-corrected chi connectivity index (χ2v) is 6.46. The van der Waals surface area contributed by atoms with Gasteiger partial charge in [0, 0.05) is 13.2 Å². The number of hydrogen-bond donors (Lipinski definition) is 3. The van der Waals surface area contributed by atoms with Crippen molar-refractivity contribution >= 4 is 0 Å². The Morgan fingerprint density at radius 1 is 0.591 bits per heavy atom. The van der Waals surface area contributed by atoms with Crippen LogP contribution in [0.5, 0.6) is 0 Å². The standard InChI is InChI=1S/C18H38NO3/c20-16-13-18(14-17-21)12-10-8-6-4-2-1-3-5-7-9-11-15-19-22/h18-21H,1-17H2/q-1. The van der Waals surface area contributed by atoms with E-state index < -0.39 is 0 Å². The van der Waals surface area contributed by atoms with E-state index in [0.717, 1.165) is 25.7 Å². The molecule has 0 spiro atoms. The summed E-state index contributed by atoms with van der Waals surface area (Å²) in [5, 5.41) is 28.0. The van der Waals surface area contributed by atoms with Crippen molar-refractivity contribution in [3.8, 4) is 0 Å². The predicted octanol–water partition coefficient (Wildman–Crippen LogP) is 4.14. The van der Waals surface area contributed by atoms with Gasteiger partial charge in [0.05, 0.1) is 0 Å². The van der Waals surface area contributed by atoms with Crippen LogP contribution in [0.25, 0.3) is 0 Å². The molecule has 4 nitrogen and oxygen atoms in total. The van der Waals surface area contributed by atoms with Gasteiger partial charge in [-0.1, -0.05) is 70.6 Å². The lowest BCUT2D eigenvalue weighted by Gasteiger charge is -2.13. The third kappa shape index (κ3) is 16.2. The maximum Gasteiger partial charge on any atom is 0.0433 e. The van der Waals surface area contributed by atoms with Gasteiger partial charge in [-0.2, -0.15) is 0 Å². The molecule has 4 heteroatoms. The number of aliphatic hydroxyl groups is 2. The monoisotopic (exact) mass is 316 g/mol. The topological polar surface area (TPSA) is 75.5 Å². The maximum absolute atomic E-state index is 10.0. The first kappa shape index (κ1) is 21.8. The molecule has 0 aliphatic heterocycles. The van der Waals surface area contributed by atoms with E-state index in [1.54, 1.807) is 0 Å². The number of hydrogen-bond acceptors (Lipinski definition) is 4. The highest BCUT2D eigenvalue weighted by Crippen LogP contribution is 2.18. The molecular formula is C18H38NO3-. The second kappa shape index (κ2) is 18.9. The first-order valence-corrected chi connectivity index (χ1v) is 9.41. The minimum absolute atomic E-state index is 0.248. The highest BCUT2D eigenvalue weighted by Gasteiger charge is 2.06. The zero-order valence-corrected chi connectivity index (χ0v) is 14.4. The quantitative estimate of drug-likeness (QED) is 0.262. The van der Waals surface area contributed by atoms with E-state index in [0.29, 0.717) is 12.5 Å². The van der Waals surface area contributed by atoms with Crippen molar-refractivity contribution in [1.82, 2.24) is 5.48 Å². The second-order valence-electron chi connectivity index (χ2n) is 6.46. The highest BCUT2D eigenvalue weighted by atomic mass is 16.5. The summed E-state index contributed by atoms with van der Waals surface area (Å²) < 4.78 is 0. The number of nitrogens with one attached hydrogen (secondary N) is 1. The lowest BCUT2D eigenvalue weighted by molar-refractivity contribution is 0.207. The third-order valence-corrected chi connectivity index (χ3v) is 4.47. The van der Waals surface area contributed by atoms with Gasteiger partial charge in [-0.3, -0.25) is 0 Å². The molecule has 0 bridgehead atoms. The number of hydroxylamine groups is 1.